The number of nitrogens with zero attached hydrogens (tertiary/aromatic N) is 2. The van der Waals surface area contributed by atoms with Crippen LogP contribution in [0.1, 0.15) is 58.5 Å². The Bertz CT molecular complexity index is 867. The molecule has 0 bridgehead atoms. The third kappa shape index (κ3) is 4.53. The van der Waals surface area contributed by atoms with Gasteiger partial charge in [-0.2, -0.15) is 0 Å². The molecule has 0 spiro atoms. The molecule has 160 valence electrons. The van der Waals surface area contributed by atoms with Gasteiger partial charge in [-0.15, -0.1) is 0 Å². The second-order valence-electron chi connectivity index (χ2n) is 8.51. The van der Waals surface area contributed by atoms with Gasteiger partial charge < -0.3 is 14.1 Å². The summed E-state index contributed by atoms with van der Waals surface area (Å²) in [4.78, 5) is 22.2. The number of nitro groups is 1. The van der Waals surface area contributed by atoms with Gasteiger partial charge in [-0.1, -0.05) is 41.5 Å². The number of aromatic carboxylic acids is 1. The third-order valence-corrected chi connectivity index (χ3v) is 12.0. The summed E-state index contributed by atoms with van der Waals surface area (Å²) in [5, 5.41) is 21.1. The van der Waals surface area contributed by atoms with E-state index in [1.807, 2.05) is 0 Å². The van der Waals surface area contributed by atoms with E-state index in [0.717, 1.165) is 0 Å². The molecule has 1 aromatic heterocycles. The highest BCUT2D eigenvalue weighted by atomic mass is 28.4. The lowest BCUT2D eigenvalue weighted by Gasteiger charge is -2.42. The largest absolute Gasteiger partial charge is 0.477 e. The van der Waals surface area contributed by atoms with Crippen LogP contribution in [0, 0.1) is 10.1 Å². The molecular formula is C21H32N2O5Si. The van der Waals surface area contributed by atoms with Crippen molar-refractivity contribution in [3.05, 3.63) is 40.1 Å². The monoisotopic (exact) mass is 420 g/mol. The zero-order valence-corrected chi connectivity index (χ0v) is 19.1. The highest BCUT2D eigenvalue weighted by Crippen LogP contribution is 2.42. The number of aromatic nitrogens is 1. The van der Waals surface area contributed by atoms with Crippen molar-refractivity contribution >= 4 is 30.9 Å². The van der Waals surface area contributed by atoms with E-state index in [0.29, 0.717) is 47.1 Å². The number of aryl methyl sites for hydroxylation is 1. The van der Waals surface area contributed by atoms with Crippen molar-refractivity contribution in [2.45, 2.75) is 71.1 Å². The Morgan fingerprint density at radius 3 is 2.21 bits per heavy atom. The highest BCUT2D eigenvalue weighted by Gasteiger charge is 2.44. The average Bonchev–Trinajstić information content (AvgIpc) is 2.98. The molecule has 0 amide bonds. The van der Waals surface area contributed by atoms with Crippen molar-refractivity contribution in [2.75, 3.05) is 6.61 Å². The lowest BCUT2D eigenvalue weighted by atomic mass is 10.2. The fraction of sp³-hybridized carbons (Fsp3) is 0.571. The lowest BCUT2D eigenvalue weighted by Crippen LogP contribution is -2.48. The summed E-state index contributed by atoms with van der Waals surface area (Å²) in [5.74, 6) is -1.04. The van der Waals surface area contributed by atoms with Crippen molar-refractivity contribution in [2.24, 2.45) is 0 Å². The SMILES string of the molecule is CC(C)[Si](OCCCn1c(C(=O)O)cc2cc([N+](=O)[O-])ccc21)(C(C)C)C(C)C. The van der Waals surface area contributed by atoms with Gasteiger partial charge in [0.2, 0.25) is 0 Å². The van der Waals surface area contributed by atoms with Crippen LogP contribution in [0.4, 0.5) is 5.69 Å². The summed E-state index contributed by atoms with van der Waals surface area (Å²) in [5.41, 5.74) is 2.25. The summed E-state index contributed by atoms with van der Waals surface area (Å²) >= 11 is 0. The molecule has 7 nitrogen and oxygen atoms in total. The maximum absolute atomic E-state index is 11.7. The number of non-ortho nitro benzene ring substituents is 1. The van der Waals surface area contributed by atoms with E-state index in [-0.39, 0.29) is 11.4 Å². The van der Waals surface area contributed by atoms with Crippen LogP contribution in [-0.2, 0) is 11.0 Å². The summed E-state index contributed by atoms with van der Waals surface area (Å²) in [6.07, 6.45) is 0.682. The number of nitro benzene ring substituents is 1. The molecule has 1 N–H and O–H groups in total. The number of hydrogen-bond donors (Lipinski definition) is 1. The van der Waals surface area contributed by atoms with E-state index >= 15 is 0 Å². The number of carbonyl (C=O) groups is 1. The molecule has 0 saturated heterocycles. The van der Waals surface area contributed by atoms with Crippen molar-refractivity contribution in [3.63, 3.8) is 0 Å². The van der Waals surface area contributed by atoms with Crippen LogP contribution in [0.25, 0.3) is 10.9 Å². The molecule has 0 fully saturated rings. The van der Waals surface area contributed by atoms with Gasteiger partial charge >= 0.3 is 5.97 Å². The fourth-order valence-electron chi connectivity index (χ4n) is 4.76. The summed E-state index contributed by atoms with van der Waals surface area (Å²) < 4.78 is 8.28. The minimum absolute atomic E-state index is 0.0449. The topological polar surface area (TPSA) is 94.6 Å². The number of carboxylic acid groups (broad SMARTS) is 1. The molecule has 0 aliphatic heterocycles. The molecule has 8 heteroatoms. The maximum Gasteiger partial charge on any atom is 0.352 e. The molecule has 1 aromatic carbocycles. The van der Waals surface area contributed by atoms with Gasteiger partial charge in [0.25, 0.3) is 5.69 Å². The van der Waals surface area contributed by atoms with Gasteiger partial charge in [0.05, 0.1) is 4.92 Å². The molecule has 0 atom stereocenters. The standard InChI is InChI=1S/C21H32N2O5Si/c1-14(2)29(15(3)4,16(5)6)28-11-7-10-22-19-9-8-18(23(26)27)12-17(19)13-20(22)21(24)25/h8-9,12-16H,7,10-11H2,1-6H3,(H,24,25). The first-order valence-corrected chi connectivity index (χ1v) is 12.3. The van der Waals surface area contributed by atoms with Crippen molar-refractivity contribution in [1.29, 1.82) is 0 Å². The van der Waals surface area contributed by atoms with Gasteiger partial charge in [0.15, 0.2) is 8.32 Å². The predicted octanol–water partition coefficient (Wildman–Crippen LogP) is 5.83. The summed E-state index contributed by atoms with van der Waals surface area (Å²) in [6.45, 7) is 14.5. The minimum atomic E-state index is -1.96. The second kappa shape index (κ2) is 9.09. The Kier molecular flexibility index (Phi) is 7.23. The molecule has 2 rings (SSSR count). The van der Waals surface area contributed by atoms with Crippen molar-refractivity contribution in [3.8, 4) is 0 Å². The predicted molar refractivity (Wildman–Crippen MR) is 117 cm³/mol. The molecule has 0 aliphatic rings. The molecule has 2 aromatic rings. The number of fused-ring (bicyclic) bond motifs is 1. The fourth-order valence-corrected chi connectivity index (χ4v) is 10.3. The lowest BCUT2D eigenvalue weighted by molar-refractivity contribution is -0.384. The number of carboxylic acids is 1. The van der Waals surface area contributed by atoms with Crippen LogP contribution >= 0.6 is 0 Å². The first-order chi connectivity index (χ1) is 13.5. The van der Waals surface area contributed by atoms with E-state index in [4.69, 9.17) is 4.43 Å². The third-order valence-electron chi connectivity index (χ3n) is 5.90. The number of hydrogen-bond acceptors (Lipinski definition) is 4. The number of benzene rings is 1. The van der Waals surface area contributed by atoms with E-state index < -0.39 is 19.2 Å². The Morgan fingerprint density at radius 2 is 1.72 bits per heavy atom. The van der Waals surface area contributed by atoms with E-state index in [1.165, 1.54) is 18.2 Å². The zero-order valence-electron chi connectivity index (χ0n) is 18.1. The van der Waals surface area contributed by atoms with Crippen molar-refractivity contribution < 1.29 is 19.3 Å². The number of rotatable bonds is 10. The van der Waals surface area contributed by atoms with Gasteiger partial charge in [-0.25, -0.2) is 4.79 Å². The van der Waals surface area contributed by atoms with Gasteiger partial charge in [-0.05, 0) is 35.2 Å². The van der Waals surface area contributed by atoms with Gasteiger partial charge in [0.1, 0.15) is 5.69 Å². The van der Waals surface area contributed by atoms with Gasteiger partial charge in [0, 0.05) is 36.2 Å². The first-order valence-electron chi connectivity index (χ1n) is 10.2. The maximum atomic E-state index is 11.7. The van der Waals surface area contributed by atoms with Crippen LogP contribution < -0.4 is 0 Å². The van der Waals surface area contributed by atoms with E-state index in [9.17, 15) is 20.0 Å². The van der Waals surface area contributed by atoms with Crippen LogP contribution in [0.2, 0.25) is 16.6 Å². The molecule has 0 unspecified atom stereocenters. The van der Waals surface area contributed by atoms with Gasteiger partial charge in [-0.3, -0.25) is 10.1 Å². The average molecular weight is 421 g/mol. The molecule has 0 aliphatic carbocycles. The molecule has 29 heavy (non-hydrogen) atoms. The molecule has 1 heterocycles. The molecular weight excluding hydrogens is 388 g/mol. The summed E-state index contributed by atoms with van der Waals surface area (Å²) in [6, 6.07) is 5.95. The van der Waals surface area contributed by atoms with Crippen LogP contribution in [0.5, 0.6) is 0 Å². The second-order valence-corrected chi connectivity index (χ2v) is 14.0. The van der Waals surface area contributed by atoms with Crippen molar-refractivity contribution in [1.82, 2.24) is 4.57 Å². The smallest absolute Gasteiger partial charge is 0.352 e. The normalized spacial score (nSPS) is 12.4. The zero-order chi connectivity index (χ0) is 21.9. The Balaban J connectivity index is 2.22. The summed E-state index contributed by atoms with van der Waals surface area (Å²) in [7, 11) is -1.96. The highest BCUT2D eigenvalue weighted by molar-refractivity contribution is 6.77. The van der Waals surface area contributed by atoms with E-state index in [1.54, 1.807) is 10.6 Å². The Morgan fingerprint density at radius 1 is 1.14 bits per heavy atom. The molecule has 0 radical (unpaired) electrons. The van der Waals surface area contributed by atoms with E-state index in [2.05, 4.69) is 41.5 Å². The van der Waals surface area contributed by atoms with Crippen LogP contribution in [0.15, 0.2) is 24.3 Å². The van der Waals surface area contributed by atoms with Crippen LogP contribution in [0.3, 0.4) is 0 Å². The Labute approximate surface area is 173 Å². The molecule has 0 saturated carbocycles. The quantitative estimate of drug-likeness (QED) is 0.226. The first kappa shape index (κ1) is 23.1. The van der Waals surface area contributed by atoms with Crippen LogP contribution in [-0.4, -0.2) is 35.5 Å². The Hall–Kier alpha value is -2.19. The minimum Gasteiger partial charge on any atom is -0.477 e.